The second kappa shape index (κ2) is 24.6. The lowest BCUT2D eigenvalue weighted by molar-refractivity contribution is -0.172. The number of carbonyl (C=O) groups is 6. The van der Waals surface area contributed by atoms with Gasteiger partial charge >= 0.3 is 24.2 Å². The number of nitrogens with two attached hydrogens (primary N) is 1. The summed E-state index contributed by atoms with van der Waals surface area (Å²) in [5.74, 6) is -0.651. The molecular weight excluding hydrogens is 939 g/mol. The molecule has 6 rings (SSSR count). The van der Waals surface area contributed by atoms with E-state index in [1.807, 2.05) is 20.8 Å². The van der Waals surface area contributed by atoms with Crippen LogP contribution < -0.4 is 37.3 Å². The highest BCUT2D eigenvalue weighted by Crippen LogP contribution is 2.41. The zero-order valence-corrected chi connectivity index (χ0v) is 43.2. The van der Waals surface area contributed by atoms with Crippen LogP contribution in [-0.4, -0.2) is 113 Å². The number of esters is 1. The van der Waals surface area contributed by atoms with Crippen molar-refractivity contribution in [2.45, 2.75) is 124 Å². The van der Waals surface area contributed by atoms with Crippen LogP contribution in [0.5, 0.6) is 5.75 Å². The van der Waals surface area contributed by atoms with Crippen LogP contribution in [0.3, 0.4) is 0 Å². The lowest BCUT2D eigenvalue weighted by atomic mass is 9.86. The van der Waals surface area contributed by atoms with Gasteiger partial charge in [-0.1, -0.05) is 66.5 Å². The number of aryl methyl sites for hydroxylation is 1. The minimum Gasteiger partial charge on any atom is -0.458 e. The third-order valence-electron chi connectivity index (χ3n) is 13.4. The molecule has 4 heterocycles. The summed E-state index contributed by atoms with van der Waals surface area (Å²) >= 11 is 0. The second-order valence-corrected chi connectivity index (χ2v) is 19.6. The third kappa shape index (κ3) is 13.3. The lowest BCUT2D eigenvalue weighted by Gasteiger charge is -2.31. The lowest BCUT2D eigenvalue weighted by Crippen LogP contribution is -2.53. The van der Waals surface area contributed by atoms with Gasteiger partial charge in [0.15, 0.2) is 5.60 Å². The molecule has 2 aliphatic rings. The Kier molecular flexibility index (Phi) is 18.6. The largest absolute Gasteiger partial charge is 0.458 e. The number of pyridine rings is 2. The van der Waals surface area contributed by atoms with Gasteiger partial charge in [-0.25, -0.2) is 24.2 Å². The average Bonchev–Trinajstić information content (AvgIpc) is 3.73. The summed E-state index contributed by atoms with van der Waals surface area (Å²) in [4.78, 5) is 98.5. The van der Waals surface area contributed by atoms with Crippen LogP contribution in [0.4, 0.5) is 20.1 Å². The van der Waals surface area contributed by atoms with Crippen molar-refractivity contribution in [2.24, 2.45) is 17.6 Å². The molecule has 0 radical (unpaired) electrons. The molecule has 0 saturated heterocycles. The molecule has 0 spiro atoms. The van der Waals surface area contributed by atoms with E-state index in [-0.39, 0.29) is 86.5 Å². The number of unbranched alkanes of at least 4 members (excludes halogenated alkanes) is 1. The highest BCUT2D eigenvalue weighted by Gasteiger charge is 2.45. The molecule has 394 valence electrons. The van der Waals surface area contributed by atoms with Gasteiger partial charge in [0.2, 0.25) is 11.8 Å². The first-order valence-electron chi connectivity index (χ1n) is 25.2. The molecule has 0 fully saturated rings. The van der Waals surface area contributed by atoms with Crippen LogP contribution in [0.1, 0.15) is 108 Å². The van der Waals surface area contributed by atoms with Crippen molar-refractivity contribution in [2.75, 3.05) is 45.6 Å². The van der Waals surface area contributed by atoms with E-state index in [0.29, 0.717) is 53.5 Å². The molecule has 0 unspecified atom stereocenters. The van der Waals surface area contributed by atoms with E-state index < -0.39 is 47.8 Å². The fraction of sp³-hybridized carbons (Fsp3) is 0.509. The van der Waals surface area contributed by atoms with E-state index in [2.05, 4.69) is 35.1 Å². The first-order chi connectivity index (χ1) is 34.8. The van der Waals surface area contributed by atoms with Gasteiger partial charge in [-0.15, -0.1) is 0 Å². The molecule has 0 aliphatic carbocycles. The number of nitrogens with zero attached hydrogens (tertiary/aromatic N) is 4. The number of ether oxygens (including phenoxy) is 3. The Morgan fingerprint density at radius 2 is 1.60 bits per heavy atom. The van der Waals surface area contributed by atoms with E-state index in [1.165, 1.54) is 9.80 Å². The van der Waals surface area contributed by atoms with Crippen molar-refractivity contribution >= 4 is 52.6 Å². The highest BCUT2D eigenvalue weighted by atomic mass is 16.6. The van der Waals surface area contributed by atoms with E-state index in [0.717, 1.165) is 35.8 Å². The second-order valence-electron chi connectivity index (χ2n) is 19.6. The molecule has 2 aromatic heterocycles. The van der Waals surface area contributed by atoms with E-state index in [9.17, 15) is 38.7 Å². The van der Waals surface area contributed by atoms with Gasteiger partial charge < -0.3 is 60.7 Å². The summed E-state index contributed by atoms with van der Waals surface area (Å²) < 4.78 is 18.1. The summed E-state index contributed by atoms with van der Waals surface area (Å²) in [6.45, 7) is 13.0. The number of hydrogen-bond donors (Lipinski definition) is 6. The zero-order valence-electron chi connectivity index (χ0n) is 43.2. The molecule has 20 heteroatoms. The number of carbonyl (C=O) groups excluding carboxylic acids is 6. The van der Waals surface area contributed by atoms with Gasteiger partial charge in [0.1, 0.15) is 25.0 Å². The summed E-state index contributed by atoms with van der Waals surface area (Å²) in [5, 5.41) is 23.6. The summed E-state index contributed by atoms with van der Waals surface area (Å²) in [6.07, 6.45) is 3.07. The van der Waals surface area contributed by atoms with Gasteiger partial charge in [0, 0.05) is 55.9 Å². The number of likely N-dealkylation sites (N-methyl/N-ethyl adjacent to an activating group) is 2. The quantitative estimate of drug-likeness (QED) is 0.0342. The number of aliphatic hydroxyl groups is 1. The maximum Gasteiger partial charge on any atom is 0.415 e. The standard InChI is InChI=1S/C53H71N9O11/c1-9-36-37-26-35(20-21-41(37)58-45-38(36)28-62-43(45)27-40-39(48(62)65)30-71-49(66)53(40,70)10-2)73-52(69)61(8)25-24-60(7)51(68)72-29-33-16-18-34(19-17-33)57-46(63)42(15-13-23-56-50(54)67)59-47(64)44(32(5)6)55-22-12-11-14-31(3)4/h16-21,26-27,31-32,42,44,55,70H,9-15,22-25,28-30H2,1-8H3,(H,57,63)(H,59,64)(H3,54,56,67)/t42-,44-,53-/m0/s1. The maximum absolute atomic E-state index is 13.7. The number of hydrogen-bond acceptors (Lipinski definition) is 13. The van der Waals surface area contributed by atoms with E-state index >= 15 is 0 Å². The van der Waals surface area contributed by atoms with Crippen LogP contribution in [0.15, 0.2) is 53.3 Å². The molecule has 7 N–H and O–H groups in total. The number of benzene rings is 2. The molecule has 20 nitrogen and oxygen atoms in total. The summed E-state index contributed by atoms with van der Waals surface area (Å²) in [5.41, 5.74) is 7.95. The predicted octanol–water partition coefficient (Wildman–Crippen LogP) is 5.65. The fourth-order valence-electron chi connectivity index (χ4n) is 9.05. The van der Waals surface area contributed by atoms with Crippen molar-refractivity contribution in [1.82, 2.24) is 35.3 Å². The number of rotatable bonds is 23. The van der Waals surface area contributed by atoms with Crippen LogP contribution in [-0.2, 0) is 55.6 Å². The average molecular weight is 1010 g/mol. The number of primary amides is 1. The molecule has 6 amide bonds. The number of nitrogens with one attached hydrogen (secondary N) is 4. The number of fused-ring (bicyclic) bond motifs is 5. The minimum absolute atomic E-state index is 0.0269. The fourth-order valence-corrected chi connectivity index (χ4v) is 9.05. The van der Waals surface area contributed by atoms with Crippen LogP contribution >= 0.6 is 0 Å². The first kappa shape index (κ1) is 55.3. The van der Waals surface area contributed by atoms with E-state index in [1.54, 1.807) is 74.1 Å². The molecular formula is C53H71N9O11. The van der Waals surface area contributed by atoms with Gasteiger partial charge in [-0.2, -0.15) is 0 Å². The normalized spacial score (nSPS) is 15.4. The van der Waals surface area contributed by atoms with Crippen molar-refractivity contribution in [3.63, 3.8) is 0 Å². The summed E-state index contributed by atoms with van der Waals surface area (Å²) in [6, 6.07) is 11.4. The Morgan fingerprint density at radius 3 is 2.26 bits per heavy atom. The van der Waals surface area contributed by atoms with Crippen molar-refractivity contribution in [3.05, 3.63) is 86.7 Å². The molecule has 0 bridgehead atoms. The molecule has 2 aromatic carbocycles. The number of urea groups is 1. The molecule has 73 heavy (non-hydrogen) atoms. The zero-order chi connectivity index (χ0) is 53.1. The van der Waals surface area contributed by atoms with Gasteiger partial charge in [-0.05, 0) is 98.0 Å². The monoisotopic (exact) mass is 1010 g/mol. The smallest absolute Gasteiger partial charge is 0.415 e. The Labute approximate surface area is 425 Å². The molecule has 4 aromatic rings. The molecule has 2 aliphatic heterocycles. The number of amides is 6. The van der Waals surface area contributed by atoms with Crippen molar-refractivity contribution in [1.29, 1.82) is 0 Å². The molecule has 3 atom stereocenters. The van der Waals surface area contributed by atoms with Gasteiger partial charge in [-0.3, -0.25) is 14.4 Å². The number of cyclic esters (lactones) is 1. The molecule has 0 saturated carbocycles. The highest BCUT2D eigenvalue weighted by molar-refractivity contribution is 5.98. The Morgan fingerprint density at radius 1 is 0.890 bits per heavy atom. The Balaban J connectivity index is 0.997. The summed E-state index contributed by atoms with van der Waals surface area (Å²) in [7, 11) is 3.10. The van der Waals surface area contributed by atoms with Crippen LogP contribution in [0.25, 0.3) is 22.3 Å². The number of aromatic nitrogens is 2. The van der Waals surface area contributed by atoms with Crippen LogP contribution in [0, 0.1) is 11.8 Å². The Hall–Kier alpha value is -7.06. The maximum atomic E-state index is 13.7. The van der Waals surface area contributed by atoms with Gasteiger partial charge in [0.25, 0.3) is 5.56 Å². The SMILES string of the molecule is CCc1c2c(nc3ccc(OC(=O)N(C)CCN(C)C(=O)OCc4ccc(NC(=O)[C@H](CCCNC(N)=O)NC(=O)[C@@H](NCCCCC(C)C)C(C)C)cc4)cc13)-c1cc3c(c(=O)n1C2)COC(=O)[C@]3(O)CC. The van der Waals surface area contributed by atoms with Gasteiger partial charge in [0.05, 0.1) is 35.1 Å². The van der Waals surface area contributed by atoms with Crippen molar-refractivity contribution < 1.29 is 48.1 Å². The third-order valence-corrected chi connectivity index (χ3v) is 13.4. The predicted molar refractivity (Wildman–Crippen MR) is 275 cm³/mol. The first-order valence-corrected chi connectivity index (χ1v) is 25.2. The van der Waals surface area contributed by atoms with Crippen molar-refractivity contribution in [3.8, 4) is 17.1 Å². The number of anilines is 1. The minimum atomic E-state index is -1.94. The van der Waals surface area contributed by atoms with Crippen LogP contribution in [0.2, 0.25) is 0 Å². The Bertz CT molecular complexity index is 2740. The van der Waals surface area contributed by atoms with E-state index in [4.69, 9.17) is 24.9 Å². The topological polar surface area (TPSA) is 266 Å².